The molecular formula is C15H22BrN3O2. The number of alkyl halides is 1. The van der Waals surface area contributed by atoms with Crippen molar-refractivity contribution in [1.29, 1.82) is 0 Å². The normalized spacial score (nSPS) is 21.4. The molecule has 1 saturated heterocycles. The SMILES string of the molecule is CCc1nnc(C)cc1C(=O)N1CC(CBr)OC(C)(C)C1. The number of rotatable bonds is 3. The Hall–Kier alpha value is -1.01. The minimum Gasteiger partial charge on any atom is -0.368 e. The standard InChI is InChI=1S/C15H22BrN3O2/c1-5-13-12(6-10(2)17-18-13)14(20)19-8-11(7-16)21-15(3,4)9-19/h6,11H,5,7-9H2,1-4H3. The van der Waals surface area contributed by atoms with Gasteiger partial charge >= 0.3 is 0 Å². The summed E-state index contributed by atoms with van der Waals surface area (Å²) in [4.78, 5) is 14.7. The molecule has 5 nitrogen and oxygen atoms in total. The van der Waals surface area contributed by atoms with Crippen LogP contribution in [0.3, 0.4) is 0 Å². The lowest BCUT2D eigenvalue weighted by molar-refractivity contribution is -0.116. The van der Waals surface area contributed by atoms with Crippen LogP contribution in [0.4, 0.5) is 0 Å². The van der Waals surface area contributed by atoms with Gasteiger partial charge in [-0.25, -0.2) is 0 Å². The van der Waals surface area contributed by atoms with Crippen molar-refractivity contribution >= 4 is 21.8 Å². The van der Waals surface area contributed by atoms with Crippen molar-refractivity contribution in [2.24, 2.45) is 0 Å². The number of nitrogens with zero attached hydrogens (tertiary/aromatic N) is 3. The molecule has 1 atom stereocenters. The fraction of sp³-hybridized carbons (Fsp3) is 0.667. The highest BCUT2D eigenvalue weighted by Gasteiger charge is 2.36. The van der Waals surface area contributed by atoms with Crippen LogP contribution < -0.4 is 0 Å². The topological polar surface area (TPSA) is 55.3 Å². The first-order valence-electron chi connectivity index (χ1n) is 7.22. The van der Waals surface area contributed by atoms with Crippen LogP contribution >= 0.6 is 15.9 Å². The van der Waals surface area contributed by atoms with Gasteiger partial charge < -0.3 is 9.64 Å². The van der Waals surface area contributed by atoms with Gasteiger partial charge in [-0.1, -0.05) is 22.9 Å². The Kier molecular flexibility index (Phi) is 4.99. The Morgan fingerprint density at radius 2 is 2.24 bits per heavy atom. The van der Waals surface area contributed by atoms with E-state index < -0.39 is 0 Å². The quantitative estimate of drug-likeness (QED) is 0.781. The van der Waals surface area contributed by atoms with Gasteiger partial charge in [0.2, 0.25) is 0 Å². The molecule has 2 heterocycles. The minimum atomic E-state index is -0.339. The second kappa shape index (κ2) is 6.40. The molecular weight excluding hydrogens is 334 g/mol. The molecule has 1 amide bonds. The van der Waals surface area contributed by atoms with Gasteiger partial charge in [-0.05, 0) is 33.3 Å². The van der Waals surface area contributed by atoms with Gasteiger partial charge in [0.25, 0.3) is 5.91 Å². The van der Waals surface area contributed by atoms with E-state index in [4.69, 9.17) is 4.74 Å². The summed E-state index contributed by atoms with van der Waals surface area (Å²) in [6, 6.07) is 1.83. The predicted octanol–water partition coefficient (Wildman–Crippen LogP) is 2.36. The van der Waals surface area contributed by atoms with Gasteiger partial charge in [-0.3, -0.25) is 4.79 Å². The summed E-state index contributed by atoms with van der Waals surface area (Å²) in [6.07, 6.45) is 0.711. The van der Waals surface area contributed by atoms with Gasteiger partial charge in [0.1, 0.15) is 0 Å². The van der Waals surface area contributed by atoms with Gasteiger partial charge in [-0.2, -0.15) is 10.2 Å². The van der Waals surface area contributed by atoms with E-state index in [0.29, 0.717) is 30.4 Å². The molecule has 0 spiro atoms. The van der Waals surface area contributed by atoms with E-state index in [1.165, 1.54) is 0 Å². The first kappa shape index (κ1) is 16.4. The van der Waals surface area contributed by atoms with Crippen LogP contribution in [0, 0.1) is 6.92 Å². The third-order valence-electron chi connectivity index (χ3n) is 3.50. The molecule has 0 N–H and O–H groups in total. The number of amides is 1. The smallest absolute Gasteiger partial charge is 0.256 e. The Balaban J connectivity index is 2.28. The molecule has 0 bridgehead atoms. The molecule has 1 aromatic heterocycles. The van der Waals surface area contributed by atoms with E-state index in [1.54, 1.807) is 0 Å². The molecule has 21 heavy (non-hydrogen) atoms. The third-order valence-corrected chi connectivity index (χ3v) is 4.22. The summed E-state index contributed by atoms with van der Waals surface area (Å²) in [7, 11) is 0. The number of carbonyl (C=O) groups excluding carboxylic acids is 1. The first-order valence-corrected chi connectivity index (χ1v) is 8.34. The van der Waals surface area contributed by atoms with Crippen LogP contribution in [0.5, 0.6) is 0 Å². The Morgan fingerprint density at radius 3 is 2.86 bits per heavy atom. The fourth-order valence-corrected chi connectivity index (χ4v) is 3.00. The Bertz CT molecular complexity index is 534. The van der Waals surface area contributed by atoms with Gasteiger partial charge in [0.05, 0.1) is 28.7 Å². The maximum atomic E-state index is 12.9. The van der Waals surface area contributed by atoms with E-state index in [1.807, 2.05) is 38.7 Å². The van der Waals surface area contributed by atoms with Gasteiger partial charge in [-0.15, -0.1) is 0 Å². The van der Waals surface area contributed by atoms with Crippen molar-refractivity contribution in [2.75, 3.05) is 18.4 Å². The van der Waals surface area contributed by atoms with Crippen LogP contribution in [0.1, 0.15) is 42.5 Å². The maximum absolute atomic E-state index is 12.9. The molecule has 0 aromatic carbocycles. The lowest BCUT2D eigenvalue weighted by atomic mass is 10.0. The summed E-state index contributed by atoms with van der Waals surface area (Å²) >= 11 is 3.45. The molecule has 1 aliphatic heterocycles. The summed E-state index contributed by atoms with van der Waals surface area (Å²) < 4.78 is 5.95. The molecule has 1 aromatic rings. The zero-order valence-electron chi connectivity index (χ0n) is 13.0. The lowest BCUT2D eigenvalue weighted by Gasteiger charge is -2.42. The molecule has 116 valence electrons. The second-order valence-electron chi connectivity index (χ2n) is 6.04. The van der Waals surface area contributed by atoms with E-state index in [-0.39, 0.29) is 17.6 Å². The Labute approximate surface area is 134 Å². The summed E-state index contributed by atoms with van der Waals surface area (Å²) in [5, 5.41) is 8.91. The highest BCUT2D eigenvalue weighted by Crippen LogP contribution is 2.24. The van der Waals surface area contributed by atoms with Crippen LogP contribution in [0.15, 0.2) is 6.07 Å². The zero-order chi connectivity index (χ0) is 15.6. The first-order chi connectivity index (χ1) is 9.86. The van der Waals surface area contributed by atoms with Crippen LogP contribution in [-0.4, -0.2) is 51.1 Å². The van der Waals surface area contributed by atoms with Crippen molar-refractivity contribution in [3.8, 4) is 0 Å². The molecule has 0 radical (unpaired) electrons. The fourth-order valence-electron chi connectivity index (χ4n) is 2.66. The maximum Gasteiger partial charge on any atom is 0.256 e. The summed E-state index contributed by atoms with van der Waals surface area (Å²) in [5.41, 5.74) is 1.84. The van der Waals surface area contributed by atoms with Gasteiger partial charge in [0.15, 0.2) is 0 Å². The molecule has 1 unspecified atom stereocenters. The number of hydrogen-bond donors (Lipinski definition) is 0. The highest BCUT2D eigenvalue weighted by molar-refractivity contribution is 9.09. The number of hydrogen-bond acceptors (Lipinski definition) is 4. The number of morpholine rings is 1. The van der Waals surface area contributed by atoms with Crippen LogP contribution in [-0.2, 0) is 11.2 Å². The van der Waals surface area contributed by atoms with E-state index in [9.17, 15) is 4.79 Å². The van der Waals surface area contributed by atoms with Crippen molar-refractivity contribution < 1.29 is 9.53 Å². The number of aromatic nitrogens is 2. The van der Waals surface area contributed by atoms with Crippen molar-refractivity contribution in [3.63, 3.8) is 0 Å². The van der Waals surface area contributed by atoms with Gasteiger partial charge in [0, 0.05) is 18.4 Å². The molecule has 0 aliphatic carbocycles. The molecule has 0 saturated carbocycles. The third kappa shape index (κ3) is 3.80. The van der Waals surface area contributed by atoms with E-state index in [0.717, 1.165) is 11.4 Å². The number of carbonyl (C=O) groups is 1. The minimum absolute atomic E-state index is 0.0127. The summed E-state index contributed by atoms with van der Waals surface area (Å²) in [5.74, 6) is 0.0205. The number of aryl methyl sites for hydroxylation is 2. The van der Waals surface area contributed by atoms with E-state index >= 15 is 0 Å². The lowest BCUT2D eigenvalue weighted by Crippen LogP contribution is -2.55. The number of halogens is 1. The van der Waals surface area contributed by atoms with Crippen molar-refractivity contribution in [3.05, 3.63) is 23.0 Å². The van der Waals surface area contributed by atoms with E-state index in [2.05, 4.69) is 26.1 Å². The Morgan fingerprint density at radius 1 is 1.52 bits per heavy atom. The molecule has 1 aliphatic rings. The second-order valence-corrected chi connectivity index (χ2v) is 6.69. The largest absolute Gasteiger partial charge is 0.368 e. The zero-order valence-corrected chi connectivity index (χ0v) is 14.6. The van der Waals surface area contributed by atoms with Crippen molar-refractivity contribution in [2.45, 2.75) is 45.8 Å². The molecule has 2 rings (SSSR count). The van der Waals surface area contributed by atoms with Crippen molar-refractivity contribution in [1.82, 2.24) is 15.1 Å². The van der Waals surface area contributed by atoms with Crippen LogP contribution in [0.2, 0.25) is 0 Å². The monoisotopic (exact) mass is 355 g/mol. The molecule has 6 heteroatoms. The van der Waals surface area contributed by atoms with Crippen LogP contribution in [0.25, 0.3) is 0 Å². The molecule has 1 fully saturated rings. The average molecular weight is 356 g/mol. The average Bonchev–Trinajstić information content (AvgIpc) is 2.44. The summed E-state index contributed by atoms with van der Waals surface area (Å²) in [6.45, 7) is 9.05. The number of ether oxygens (including phenoxy) is 1. The predicted molar refractivity (Wildman–Crippen MR) is 84.8 cm³/mol. The highest BCUT2D eigenvalue weighted by atomic mass is 79.9.